The zero-order chi connectivity index (χ0) is 16.7. The fraction of sp³-hybridized carbons (Fsp3) is 0.167. The number of nitrogens with zero attached hydrogens (tertiary/aromatic N) is 2. The molecular formula is C18H15N3O3. The minimum absolute atomic E-state index is 0.00750. The number of rotatable bonds is 2. The Balaban J connectivity index is 1.50. The standard InChI is InChI=1S/C18H15N3O3/c22-16-11-21(18(24)19-16)15-7-5-12(6-8-15)17(23)20-9-13-3-1-2-4-14(13)10-20/h1-8H,9-11H2,(H,19,22,24). The van der Waals surface area contributed by atoms with Gasteiger partial charge in [0.1, 0.15) is 6.54 Å². The van der Waals surface area contributed by atoms with Crippen LogP contribution in [0.5, 0.6) is 0 Å². The Labute approximate surface area is 138 Å². The molecule has 0 aliphatic carbocycles. The van der Waals surface area contributed by atoms with E-state index >= 15 is 0 Å². The molecule has 0 spiro atoms. The van der Waals surface area contributed by atoms with Crippen molar-refractivity contribution in [3.05, 3.63) is 65.2 Å². The van der Waals surface area contributed by atoms with Gasteiger partial charge in [-0.3, -0.25) is 19.8 Å². The van der Waals surface area contributed by atoms with E-state index in [4.69, 9.17) is 0 Å². The molecule has 4 rings (SSSR count). The molecular weight excluding hydrogens is 306 g/mol. The molecule has 0 unspecified atom stereocenters. The summed E-state index contributed by atoms with van der Waals surface area (Å²) in [5.41, 5.74) is 3.52. The molecule has 2 aliphatic rings. The fourth-order valence-corrected chi connectivity index (χ4v) is 3.09. The second kappa shape index (κ2) is 5.49. The highest BCUT2D eigenvalue weighted by Crippen LogP contribution is 2.25. The van der Waals surface area contributed by atoms with Crippen LogP contribution in [0.25, 0.3) is 0 Å². The quantitative estimate of drug-likeness (QED) is 0.859. The number of amides is 4. The van der Waals surface area contributed by atoms with E-state index < -0.39 is 6.03 Å². The second-order valence-corrected chi connectivity index (χ2v) is 5.92. The molecule has 6 nitrogen and oxygen atoms in total. The number of carbonyl (C=O) groups excluding carboxylic acids is 3. The summed E-state index contributed by atoms with van der Waals surface area (Å²) in [7, 11) is 0. The summed E-state index contributed by atoms with van der Waals surface area (Å²) in [4.78, 5) is 38.7. The number of urea groups is 1. The van der Waals surface area contributed by atoms with E-state index in [1.54, 1.807) is 29.2 Å². The average molecular weight is 321 g/mol. The molecule has 2 aromatic rings. The first-order chi connectivity index (χ1) is 11.6. The Hall–Kier alpha value is -3.15. The van der Waals surface area contributed by atoms with Gasteiger partial charge in [-0.1, -0.05) is 24.3 Å². The van der Waals surface area contributed by atoms with Gasteiger partial charge < -0.3 is 4.90 Å². The minimum Gasteiger partial charge on any atom is -0.330 e. The number of benzene rings is 2. The van der Waals surface area contributed by atoms with E-state index in [9.17, 15) is 14.4 Å². The third-order valence-electron chi connectivity index (χ3n) is 4.35. The Morgan fingerprint density at radius 1 is 0.875 bits per heavy atom. The first kappa shape index (κ1) is 14.4. The SMILES string of the molecule is O=C1CN(c2ccc(C(=O)N3Cc4ccccc4C3)cc2)C(=O)N1. The van der Waals surface area contributed by atoms with Crippen LogP contribution in [0.3, 0.4) is 0 Å². The van der Waals surface area contributed by atoms with Gasteiger partial charge in [-0.25, -0.2) is 4.79 Å². The van der Waals surface area contributed by atoms with Gasteiger partial charge in [-0.15, -0.1) is 0 Å². The lowest BCUT2D eigenvalue weighted by Crippen LogP contribution is -2.28. The maximum Gasteiger partial charge on any atom is 0.329 e. The molecule has 1 saturated heterocycles. The predicted octanol–water partition coefficient (Wildman–Crippen LogP) is 1.90. The van der Waals surface area contributed by atoms with Crippen LogP contribution in [0.4, 0.5) is 10.5 Å². The van der Waals surface area contributed by atoms with E-state index in [1.807, 2.05) is 24.3 Å². The van der Waals surface area contributed by atoms with Gasteiger partial charge in [0.05, 0.1) is 0 Å². The summed E-state index contributed by atoms with van der Waals surface area (Å²) in [5.74, 6) is -0.366. The zero-order valence-electron chi connectivity index (χ0n) is 12.9. The van der Waals surface area contributed by atoms with Gasteiger partial charge in [0.15, 0.2) is 0 Å². The van der Waals surface area contributed by atoms with Crippen LogP contribution < -0.4 is 10.2 Å². The summed E-state index contributed by atoms with van der Waals surface area (Å²) < 4.78 is 0. The van der Waals surface area contributed by atoms with Crippen molar-refractivity contribution >= 4 is 23.5 Å². The van der Waals surface area contributed by atoms with Gasteiger partial charge in [0, 0.05) is 24.3 Å². The first-order valence-electron chi connectivity index (χ1n) is 7.69. The molecule has 0 radical (unpaired) electrons. The molecule has 0 bridgehead atoms. The Morgan fingerprint density at radius 2 is 1.50 bits per heavy atom. The van der Waals surface area contributed by atoms with Gasteiger partial charge in [-0.05, 0) is 35.4 Å². The van der Waals surface area contributed by atoms with Crippen LogP contribution in [-0.4, -0.2) is 29.3 Å². The molecule has 2 heterocycles. The Kier molecular flexibility index (Phi) is 3.30. The fourth-order valence-electron chi connectivity index (χ4n) is 3.09. The Bertz CT molecular complexity index is 820. The average Bonchev–Trinajstić information content (AvgIpc) is 3.17. The molecule has 1 N–H and O–H groups in total. The van der Waals surface area contributed by atoms with Crippen molar-refractivity contribution in [2.24, 2.45) is 0 Å². The minimum atomic E-state index is -0.436. The molecule has 120 valence electrons. The number of hydrogen-bond donors (Lipinski definition) is 1. The van der Waals surface area contributed by atoms with E-state index in [1.165, 1.54) is 16.0 Å². The van der Waals surface area contributed by atoms with Gasteiger partial charge in [0.25, 0.3) is 5.91 Å². The largest absolute Gasteiger partial charge is 0.330 e. The van der Waals surface area contributed by atoms with E-state index in [2.05, 4.69) is 5.32 Å². The van der Waals surface area contributed by atoms with E-state index in [0.29, 0.717) is 24.3 Å². The highest BCUT2D eigenvalue weighted by atomic mass is 16.2. The summed E-state index contributed by atoms with van der Waals surface area (Å²) >= 11 is 0. The molecule has 2 aliphatic heterocycles. The van der Waals surface area contributed by atoms with Gasteiger partial charge in [-0.2, -0.15) is 0 Å². The maximum atomic E-state index is 12.6. The summed E-state index contributed by atoms with van der Waals surface area (Å²) in [5, 5.41) is 2.23. The van der Waals surface area contributed by atoms with E-state index in [0.717, 1.165) is 0 Å². The van der Waals surface area contributed by atoms with Gasteiger partial charge in [0.2, 0.25) is 5.91 Å². The number of anilines is 1. The summed E-state index contributed by atoms with van der Waals surface area (Å²) in [6, 6.07) is 14.3. The molecule has 0 saturated carbocycles. The van der Waals surface area contributed by atoms with Crippen LogP contribution >= 0.6 is 0 Å². The van der Waals surface area contributed by atoms with Crippen molar-refractivity contribution in [2.45, 2.75) is 13.1 Å². The van der Waals surface area contributed by atoms with Crippen molar-refractivity contribution < 1.29 is 14.4 Å². The monoisotopic (exact) mass is 321 g/mol. The number of fused-ring (bicyclic) bond motifs is 1. The normalized spacial score (nSPS) is 16.3. The third kappa shape index (κ3) is 2.42. The molecule has 0 aromatic heterocycles. The maximum absolute atomic E-state index is 12.6. The van der Waals surface area contributed by atoms with Crippen LogP contribution in [0.15, 0.2) is 48.5 Å². The summed E-state index contributed by atoms with van der Waals surface area (Å²) in [6.07, 6.45) is 0. The number of hydrogen-bond acceptors (Lipinski definition) is 3. The first-order valence-corrected chi connectivity index (χ1v) is 7.69. The number of imide groups is 1. The van der Waals surface area contributed by atoms with Gasteiger partial charge >= 0.3 is 6.03 Å². The molecule has 6 heteroatoms. The highest BCUT2D eigenvalue weighted by molar-refractivity contribution is 6.12. The molecule has 4 amide bonds. The van der Waals surface area contributed by atoms with Crippen molar-refractivity contribution in [3.63, 3.8) is 0 Å². The highest BCUT2D eigenvalue weighted by Gasteiger charge is 2.28. The number of carbonyl (C=O) groups is 3. The lowest BCUT2D eigenvalue weighted by atomic mass is 10.1. The van der Waals surface area contributed by atoms with Crippen LogP contribution in [0.1, 0.15) is 21.5 Å². The molecule has 0 atom stereocenters. The molecule has 1 fully saturated rings. The van der Waals surface area contributed by atoms with Crippen molar-refractivity contribution in [1.82, 2.24) is 10.2 Å². The van der Waals surface area contributed by atoms with Crippen molar-refractivity contribution in [2.75, 3.05) is 11.4 Å². The third-order valence-corrected chi connectivity index (χ3v) is 4.35. The van der Waals surface area contributed by atoms with Crippen molar-refractivity contribution in [1.29, 1.82) is 0 Å². The second-order valence-electron chi connectivity index (χ2n) is 5.92. The zero-order valence-corrected chi connectivity index (χ0v) is 12.9. The lowest BCUT2D eigenvalue weighted by molar-refractivity contribution is -0.117. The molecule has 24 heavy (non-hydrogen) atoms. The molecule has 2 aromatic carbocycles. The van der Waals surface area contributed by atoms with E-state index in [-0.39, 0.29) is 18.4 Å². The summed E-state index contributed by atoms with van der Waals surface area (Å²) in [6.45, 7) is 1.23. The smallest absolute Gasteiger partial charge is 0.329 e. The van der Waals surface area contributed by atoms with Crippen molar-refractivity contribution in [3.8, 4) is 0 Å². The number of nitrogens with one attached hydrogen (secondary N) is 1. The predicted molar refractivity (Wildman–Crippen MR) is 87.3 cm³/mol. The van der Waals surface area contributed by atoms with Crippen LogP contribution in [0, 0.1) is 0 Å². The Morgan fingerprint density at radius 3 is 2.04 bits per heavy atom. The van der Waals surface area contributed by atoms with Crippen LogP contribution in [-0.2, 0) is 17.9 Å². The lowest BCUT2D eigenvalue weighted by Gasteiger charge is -2.17. The topological polar surface area (TPSA) is 69.7 Å². The van der Waals surface area contributed by atoms with Crippen LogP contribution in [0.2, 0.25) is 0 Å².